The first kappa shape index (κ1) is 59.9. The Balaban J connectivity index is 1.44. The van der Waals surface area contributed by atoms with Gasteiger partial charge in [0, 0.05) is 80.8 Å². The minimum atomic E-state index is -1.86. The maximum atomic E-state index is 14.5. The molecule has 23 nitrogen and oxygen atoms in total. The number of non-ortho nitro benzene ring substituents is 1. The third kappa shape index (κ3) is 14.5. The molecule has 5 N–H and O–H groups in total. The Morgan fingerprint density at radius 1 is 1.04 bits per heavy atom. The Morgan fingerprint density at radius 2 is 1.71 bits per heavy atom. The molecule has 1 aromatic carbocycles. The van der Waals surface area contributed by atoms with Crippen LogP contribution in [0.4, 0.5) is 5.69 Å². The van der Waals surface area contributed by atoms with Crippen molar-refractivity contribution in [3.05, 3.63) is 62.3 Å². The molecular weight excluding hydrogens is 951 g/mol. The van der Waals surface area contributed by atoms with E-state index in [2.05, 4.69) is 20.3 Å². The van der Waals surface area contributed by atoms with E-state index in [4.69, 9.17) is 34.0 Å². The van der Waals surface area contributed by atoms with Gasteiger partial charge in [-0.25, -0.2) is 4.68 Å². The van der Waals surface area contributed by atoms with Gasteiger partial charge >= 0.3 is 5.97 Å². The second-order valence-electron chi connectivity index (χ2n) is 21.8. The number of benzene rings is 1. The predicted molar refractivity (Wildman–Crippen MR) is 267 cm³/mol. The first-order valence-corrected chi connectivity index (χ1v) is 25.6. The molecule has 3 saturated heterocycles. The van der Waals surface area contributed by atoms with E-state index in [-0.39, 0.29) is 37.4 Å². The Morgan fingerprint density at radius 3 is 2.33 bits per heavy atom. The summed E-state index contributed by atoms with van der Waals surface area (Å²) in [6, 6.07) is 4.63. The lowest BCUT2D eigenvalue weighted by Gasteiger charge is -2.49. The van der Waals surface area contributed by atoms with Gasteiger partial charge in [-0.2, -0.15) is 0 Å². The van der Waals surface area contributed by atoms with Crippen molar-refractivity contribution in [2.45, 2.75) is 204 Å². The van der Waals surface area contributed by atoms with E-state index in [1.54, 1.807) is 71.5 Å². The summed E-state index contributed by atoms with van der Waals surface area (Å²) in [4.78, 5) is 32.0. The number of carbonyl (C=O) groups is 1. The highest BCUT2D eigenvalue weighted by Crippen LogP contribution is 2.40. The molecule has 1 aromatic heterocycles. The number of aromatic nitrogens is 3. The number of methoxy groups -OCH3 is 1. The molecule has 2 aromatic rings. The van der Waals surface area contributed by atoms with Gasteiger partial charge in [0.2, 0.25) is 0 Å². The highest BCUT2D eigenvalue weighted by atomic mass is 16.7. The molecular formula is C50H83N9O14. The molecule has 0 spiro atoms. The summed E-state index contributed by atoms with van der Waals surface area (Å²) < 4.78 is 39.8. The van der Waals surface area contributed by atoms with Crippen LogP contribution in [0.3, 0.4) is 0 Å². The Hall–Kier alpha value is -3.94. The van der Waals surface area contributed by atoms with Crippen LogP contribution in [0.25, 0.3) is 10.4 Å². The summed E-state index contributed by atoms with van der Waals surface area (Å²) in [6.45, 7) is 18.2. The third-order valence-electron chi connectivity index (χ3n) is 15.7. The molecule has 0 saturated carbocycles. The fourth-order valence-electron chi connectivity index (χ4n) is 11.1. The zero-order valence-corrected chi connectivity index (χ0v) is 44.9. The minimum Gasteiger partial charge on any atom is -0.459 e. The molecule has 0 radical (unpaired) electrons. The highest BCUT2D eigenvalue weighted by Gasteiger charge is 2.53. The molecule has 412 valence electrons. The molecule has 3 aliphatic rings. The number of nitrogens with zero attached hydrogens (tertiary/aromatic N) is 9. The monoisotopic (exact) mass is 1030 g/mol. The van der Waals surface area contributed by atoms with Gasteiger partial charge in [-0.05, 0) is 105 Å². The maximum absolute atomic E-state index is 14.5. The average Bonchev–Trinajstić information content (AvgIpc) is 3.82. The number of ether oxygens (including phenoxy) is 6. The van der Waals surface area contributed by atoms with Crippen LogP contribution in [0, 0.1) is 27.9 Å². The van der Waals surface area contributed by atoms with E-state index >= 15 is 0 Å². The van der Waals surface area contributed by atoms with Gasteiger partial charge in [-0.3, -0.25) is 14.9 Å². The number of aliphatic hydroxyl groups is 5. The van der Waals surface area contributed by atoms with E-state index < -0.39 is 119 Å². The van der Waals surface area contributed by atoms with E-state index in [1.165, 1.54) is 26.2 Å². The summed E-state index contributed by atoms with van der Waals surface area (Å²) in [5.41, 5.74) is 5.87. The van der Waals surface area contributed by atoms with Gasteiger partial charge < -0.3 is 63.8 Å². The van der Waals surface area contributed by atoms with E-state index in [0.29, 0.717) is 38.0 Å². The van der Waals surface area contributed by atoms with Gasteiger partial charge in [-0.1, -0.05) is 43.2 Å². The number of likely N-dealkylation sites (N-methyl/N-ethyl adjacent to an activating group) is 2. The van der Waals surface area contributed by atoms with Crippen LogP contribution in [0.15, 0.2) is 35.6 Å². The average molecular weight is 1030 g/mol. The molecule has 3 aliphatic heterocycles. The van der Waals surface area contributed by atoms with Crippen LogP contribution in [0.5, 0.6) is 0 Å². The van der Waals surface area contributed by atoms with Crippen molar-refractivity contribution in [3.8, 4) is 0 Å². The molecule has 19 atom stereocenters. The molecule has 4 heterocycles. The number of hydrogen-bond donors (Lipinski definition) is 5. The predicted octanol–water partition coefficient (Wildman–Crippen LogP) is 4.11. The zero-order valence-electron chi connectivity index (χ0n) is 44.9. The molecule has 3 fully saturated rings. The zero-order chi connectivity index (χ0) is 54.3. The number of aliphatic hydroxyl groups excluding tert-OH is 3. The first-order chi connectivity index (χ1) is 34.2. The smallest absolute Gasteiger partial charge is 0.311 e. The van der Waals surface area contributed by atoms with Crippen LogP contribution >= 0.6 is 0 Å². The molecule has 5 rings (SSSR count). The largest absolute Gasteiger partial charge is 0.459 e. The summed E-state index contributed by atoms with van der Waals surface area (Å²) in [5.74, 6) is -2.91. The van der Waals surface area contributed by atoms with Gasteiger partial charge in [0.1, 0.15) is 30.0 Å². The number of azide groups is 1. The number of hydrogen-bond acceptors (Lipinski definition) is 19. The minimum absolute atomic E-state index is 0.0362. The number of rotatable bonds is 16. The van der Waals surface area contributed by atoms with Gasteiger partial charge in [-0.15, -0.1) is 5.10 Å². The topological polar surface area (TPSA) is 303 Å². The third-order valence-corrected chi connectivity index (χ3v) is 15.7. The lowest BCUT2D eigenvalue weighted by Crippen LogP contribution is -2.61. The lowest BCUT2D eigenvalue weighted by molar-refractivity contribution is -0.384. The summed E-state index contributed by atoms with van der Waals surface area (Å²) >= 11 is 0. The number of nitro groups is 1. The van der Waals surface area contributed by atoms with Gasteiger partial charge in [0.25, 0.3) is 5.69 Å². The maximum Gasteiger partial charge on any atom is 0.311 e. The van der Waals surface area contributed by atoms with Crippen molar-refractivity contribution in [2.75, 3.05) is 40.8 Å². The Bertz CT molecular complexity index is 2150. The van der Waals surface area contributed by atoms with Gasteiger partial charge in [0.15, 0.2) is 12.6 Å². The summed E-state index contributed by atoms with van der Waals surface area (Å²) in [6.07, 6.45) is -7.01. The highest BCUT2D eigenvalue weighted by molar-refractivity contribution is 5.73. The van der Waals surface area contributed by atoms with E-state index in [9.17, 15) is 40.4 Å². The Kier molecular flexibility index (Phi) is 20.7. The van der Waals surface area contributed by atoms with Crippen LogP contribution < -0.4 is 0 Å². The molecule has 0 amide bonds. The number of carbonyl (C=O) groups excluding carboxylic acids is 1. The molecule has 0 unspecified atom stereocenters. The summed E-state index contributed by atoms with van der Waals surface area (Å²) in [7, 11) is 5.18. The van der Waals surface area contributed by atoms with E-state index in [1.807, 2.05) is 37.7 Å². The van der Waals surface area contributed by atoms with Crippen LogP contribution in [0.1, 0.15) is 112 Å². The van der Waals surface area contributed by atoms with Crippen LogP contribution in [-0.2, 0) is 46.1 Å². The molecule has 73 heavy (non-hydrogen) atoms. The SMILES string of the molecule is CC[C@H]1OC(=O)[C@H](C)[C@@H](O[C@H]2C[C@@](C)(OC)[C@@H](O)[C@H](C)O2)[C@H](C)[C@@H](O[C@@H]2O[C@H](C)C[C@H](N(C)CCc3cn([C@@H](CN=[N+]=[N-])Cc4ccc([N+](=O)[O-])cc4)nn3)[C@H]2O)[C@](C)(O)C[C@@H](C)CN(C)[C@H](C)[C@@H](O)[C@]1(C)O. The number of esters is 1. The Labute approximate surface area is 429 Å². The summed E-state index contributed by atoms with van der Waals surface area (Å²) in [5, 5.41) is 83.4. The van der Waals surface area contributed by atoms with Crippen molar-refractivity contribution in [1.82, 2.24) is 24.8 Å². The van der Waals surface area contributed by atoms with Crippen molar-refractivity contribution in [3.63, 3.8) is 0 Å². The second kappa shape index (κ2) is 25.3. The standard InChI is InChI=1S/C50H83N9O14/c1-14-39-50(10,65)43(61)32(6)57(12)26-28(2)23-48(8,64)45(30(4)42(31(5)46(63)71-39)72-40-24-49(9,68-13)44(62)33(7)70-40)73-47-41(60)38(21-29(3)69-47)56(11)20-19-35-27-58(55-53-35)37(25-52-54-51)22-34-15-17-36(18-16-34)59(66)67/h15-18,27-33,37-45,47,60-62,64-65H,14,19-26H2,1-13H3/t28-,29-,30+,31-,32-,33+,37-,38+,39-,40+,41-,42+,43-,44+,45-,47+,48-,49-,50-/m1/s1. The second-order valence-corrected chi connectivity index (χ2v) is 21.8. The first-order valence-electron chi connectivity index (χ1n) is 25.6. The van der Waals surface area contributed by atoms with Gasteiger partial charge in [0.05, 0.1) is 58.2 Å². The van der Waals surface area contributed by atoms with Crippen LogP contribution in [-0.4, -0.2) is 192 Å². The quantitative estimate of drug-likeness (QED) is 0.0395. The van der Waals surface area contributed by atoms with Crippen molar-refractivity contribution in [2.24, 2.45) is 22.9 Å². The molecule has 0 bridgehead atoms. The normalized spacial score (nSPS) is 38.9. The number of cyclic esters (lactones) is 1. The number of nitro benzene ring substituents is 1. The van der Waals surface area contributed by atoms with Crippen molar-refractivity contribution < 1.29 is 63.7 Å². The van der Waals surface area contributed by atoms with Crippen LogP contribution in [0.2, 0.25) is 0 Å². The molecule has 0 aliphatic carbocycles. The van der Waals surface area contributed by atoms with E-state index in [0.717, 1.165) is 5.56 Å². The fourth-order valence-corrected chi connectivity index (χ4v) is 11.1. The molecule has 23 heteroatoms. The fraction of sp³-hybridized carbons (Fsp3) is 0.820. The lowest BCUT2D eigenvalue weighted by atomic mass is 9.77. The van der Waals surface area contributed by atoms with Crippen molar-refractivity contribution in [1.29, 1.82) is 0 Å². The van der Waals surface area contributed by atoms with Crippen molar-refractivity contribution >= 4 is 11.7 Å².